The van der Waals surface area contributed by atoms with Crippen LogP contribution in [0, 0.1) is 30.1 Å². The van der Waals surface area contributed by atoms with Gasteiger partial charge >= 0.3 is 5.97 Å². The van der Waals surface area contributed by atoms with Gasteiger partial charge in [0.15, 0.2) is 0 Å². The first-order valence-corrected chi connectivity index (χ1v) is 6.18. The number of carboxylic acids is 1. The van der Waals surface area contributed by atoms with Crippen molar-refractivity contribution in [3.8, 4) is 12.3 Å². The van der Waals surface area contributed by atoms with E-state index >= 15 is 0 Å². The van der Waals surface area contributed by atoms with E-state index in [0.717, 1.165) is 19.3 Å². The Morgan fingerprint density at radius 3 is 2.94 bits per heavy atom. The highest BCUT2D eigenvalue weighted by atomic mass is 16.4. The molecule has 0 spiro atoms. The van der Waals surface area contributed by atoms with Gasteiger partial charge in [0.25, 0.3) is 0 Å². The van der Waals surface area contributed by atoms with Crippen molar-refractivity contribution in [2.45, 2.75) is 38.2 Å². The molecule has 0 aromatic heterocycles. The number of aliphatic carboxylic acids is 1. The summed E-state index contributed by atoms with van der Waals surface area (Å²) >= 11 is 0. The van der Waals surface area contributed by atoms with Crippen LogP contribution in [0.4, 0.5) is 0 Å². The molecule has 0 aliphatic heterocycles. The van der Waals surface area contributed by atoms with Gasteiger partial charge in [0, 0.05) is 12.3 Å². The van der Waals surface area contributed by atoms with Crippen molar-refractivity contribution in [1.29, 1.82) is 0 Å². The molecule has 0 radical (unpaired) electrons. The lowest BCUT2D eigenvalue weighted by Gasteiger charge is -2.48. The molecule has 0 bridgehead atoms. The number of rotatable bonds is 3. The van der Waals surface area contributed by atoms with Crippen LogP contribution in [0.15, 0.2) is 11.6 Å². The zero-order valence-corrected chi connectivity index (χ0v) is 9.80. The topological polar surface area (TPSA) is 57.5 Å². The molecule has 2 N–H and O–H groups in total. The third-order valence-electron chi connectivity index (χ3n) is 4.07. The summed E-state index contributed by atoms with van der Waals surface area (Å²) in [5.74, 6) is 2.86. The van der Waals surface area contributed by atoms with E-state index in [9.17, 15) is 9.90 Å². The molecule has 92 valence electrons. The second-order valence-corrected chi connectivity index (χ2v) is 5.02. The van der Waals surface area contributed by atoms with Crippen LogP contribution in [-0.4, -0.2) is 22.3 Å². The highest BCUT2D eigenvalue weighted by molar-refractivity contribution is 5.66. The summed E-state index contributed by atoms with van der Waals surface area (Å²) < 4.78 is 0. The number of aliphatic hydroxyl groups excluding tert-OH is 1. The number of fused-ring (bicyclic) bond motifs is 1. The van der Waals surface area contributed by atoms with Crippen LogP contribution in [0.3, 0.4) is 0 Å². The molecule has 2 aliphatic carbocycles. The van der Waals surface area contributed by atoms with Gasteiger partial charge in [-0.25, -0.2) is 0 Å². The average Bonchev–Trinajstić information content (AvgIpc) is 2.25. The Morgan fingerprint density at radius 1 is 1.53 bits per heavy atom. The second-order valence-electron chi connectivity index (χ2n) is 5.02. The Morgan fingerprint density at radius 2 is 2.29 bits per heavy atom. The van der Waals surface area contributed by atoms with Crippen molar-refractivity contribution in [1.82, 2.24) is 0 Å². The molecule has 17 heavy (non-hydrogen) atoms. The van der Waals surface area contributed by atoms with Crippen LogP contribution in [0.2, 0.25) is 0 Å². The summed E-state index contributed by atoms with van der Waals surface area (Å²) in [4.78, 5) is 10.4. The summed E-state index contributed by atoms with van der Waals surface area (Å²) in [5.41, 5.74) is 1.35. The minimum Gasteiger partial charge on any atom is -0.481 e. The van der Waals surface area contributed by atoms with Crippen LogP contribution in [0.25, 0.3) is 0 Å². The van der Waals surface area contributed by atoms with E-state index in [4.69, 9.17) is 11.5 Å². The summed E-state index contributed by atoms with van der Waals surface area (Å²) in [6, 6.07) is 0. The largest absolute Gasteiger partial charge is 0.481 e. The van der Waals surface area contributed by atoms with Gasteiger partial charge in [-0.15, -0.1) is 12.3 Å². The van der Waals surface area contributed by atoms with Crippen molar-refractivity contribution in [2.24, 2.45) is 17.8 Å². The first kappa shape index (κ1) is 12.2. The summed E-state index contributed by atoms with van der Waals surface area (Å²) in [6.45, 7) is 0. The number of carboxylic acid groups (broad SMARTS) is 1. The maximum absolute atomic E-state index is 10.4. The van der Waals surface area contributed by atoms with Crippen LogP contribution < -0.4 is 0 Å². The van der Waals surface area contributed by atoms with Gasteiger partial charge in [-0.05, 0) is 37.5 Å². The Hall–Kier alpha value is -1.27. The summed E-state index contributed by atoms with van der Waals surface area (Å²) in [5, 5.41) is 18.4. The van der Waals surface area contributed by atoms with E-state index in [1.807, 2.05) is 0 Å². The molecule has 2 fully saturated rings. The van der Waals surface area contributed by atoms with E-state index < -0.39 is 5.97 Å². The second kappa shape index (κ2) is 4.93. The summed E-state index contributed by atoms with van der Waals surface area (Å²) in [7, 11) is 0. The minimum absolute atomic E-state index is 0.00891. The van der Waals surface area contributed by atoms with E-state index in [-0.39, 0.29) is 18.4 Å². The van der Waals surface area contributed by atoms with E-state index in [2.05, 4.69) is 12.0 Å². The number of carbonyl (C=O) groups is 1. The quantitative estimate of drug-likeness (QED) is 0.578. The normalized spacial score (nSPS) is 38.0. The van der Waals surface area contributed by atoms with Gasteiger partial charge in [0.05, 0.1) is 6.10 Å². The Labute approximate surface area is 102 Å². The van der Waals surface area contributed by atoms with Gasteiger partial charge in [0.2, 0.25) is 0 Å². The van der Waals surface area contributed by atoms with Gasteiger partial charge in [0.1, 0.15) is 0 Å². The van der Waals surface area contributed by atoms with Crippen molar-refractivity contribution in [3.05, 3.63) is 11.6 Å². The molecular formula is C14H18O3. The number of hydrogen-bond acceptors (Lipinski definition) is 2. The predicted octanol–water partition coefficient (Wildman–Crippen LogP) is 1.82. The van der Waals surface area contributed by atoms with Gasteiger partial charge in [-0.1, -0.05) is 11.6 Å². The van der Waals surface area contributed by atoms with Gasteiger partial charge < -0.3 is 10.2 Å². The SMILES string of the molecule is C#C[C@@H]1[C@H]2C/C(=C\CCC(=O)O)[C@H]2CC[C@H]1O. The van der Waals surface area contributed by atoms with Crippen molar-refractivity contribution >= 4 is 5.97 Å². The fraction of sp³-hybridized carbons (Fsp3) is 0.643. The molecule has 0 heterocycles. The number of aliphatic hydroxyl groups is 1. The van der Waals surface area contributed by atoms with Crippen molar-refractivity contribution in [2.75, 3.05) is 0 Å². The lowest BCUT2D eigenvalue weighted by molar-refractivity contribution is -0.136. The molecule has 2 aliphatic rings. The van der Waals surface area contributed by atoms with Gasteiger partial charge in [-0.3, -0.25) is 4.79 Å². The van der Waals surface area contributed by atoms with Crippen LogP contribution >= 0.6 is 0 Å². The molecule has 4 atom stereocenters. The van der Waals surface area contributed by atoms with Crippen LogP contribution in [0.5, 0.6) is 0 Å². The lowest BCUT2D eigenvalue weighted by atomic mass is 9.57. The average molecular weight is 234 g/mol. The molecule has 0 aromatic carbocycles. The third-order valence-corrected chi connectivity index (χ3v) is 4.07. The van der Waals surface area contributed by atoms with E-state index in [1.165, 1.54) is 5.57 Å². The minimum atomic E-state index is -0.752. The molecule has 3 heteroatoms. The van der Waals surface area contributed by atoms with Crippen LogP contribution in [-0.2, 0) is 4.79 Å². The van der Waals surface area contributed by atoms with Crippen LogP contribution in [0.1, 0.15) is 32.1 Å². The standard InChI is InChI=1S/C14H18O3/c1-2-10-12-8-9(4-3-5-14(16)17)11(12)6-7-13(10)15/h1,4,10-13,15H,3,5-8H2,(H,16,17)/b9-4+/t10-,11-,12-,13-/m1/s1. The van der Waals surface area contributed by atoms with Crippen molar-refractivity contribution < 1.29 is 15.0 Å². The maximum Gasteiger partial charge on any atom is 0.303 e. The Balaban J connectivity index is 1.92. The monoisotopic (exact) mass is 234 g/mol. The lowest BCUT2D eigenvalue weighted by Crippen LogP contribution is -2.44. The summed E-state index contributed by atoms with van der Waals surface area (Å²) in [6.07, 6.45) is 10.7. The fourth-order valence-corrected chi connectivity index (χ4v) is 3.12. The first-order chi connectivity index (χ1) is 8.13. The van der Waals surface area contributed by atoms with Gasteiger partial charge in [-0.2, -0.15) is 0 Å². The highest BCUT2D eigenvalue weighted by Crippen LogP contribution is 2.51. The Kier molecular flexibility index (Phi) is 3.54. The van der Waals surface area contributed by atoms with Crippen molar-refractivity contribution in [3.63, 3.8) is 0 Å². The molecule has 2 rings (SSSR count). The fourth-order valence-electron chi connectivity index (χ4n) is 3.12. The smallest absolute Gasteiger partial charge is 0.303 e. The number of terminal acetylenes is 1. The molecule has 0 aromatic rings. The first-order valence-electron chi connectivity index (χ1n) is 6.18. The highest BCUT2D eigenvalue weighted by Gasteiger charge is 2.45. The number of hydrogen-bond donors (Lipinski definition) is 2. The molecule has 0 unspecified atom stereocenters. The molecular weight excluding hydrogens is 216 g/mol. The molecule has 0 saturated heterocycles. The third kappa shape index (κ3) is 2.37. The molecule has 0 amide bonds. The van der Waals surface area contributed by atoms with E-state index in [1.54, 1.807) is 0 Å². The zero-order valence-electron chi connectivity index (χ0n) is 9.80. The Bertz CT molecular complexity index is 377. The molecule has 3 nitrogen and oxygen atoms in total. The van der Waals surface area contributed by atoms with E-state index in [0.29, 0.717) is 18.3 Å². The zero-order chi connectivity index (χ0) is 12.4. The number of allylic oxidation sites excluding steroid dienone is 2. The molecule has 2 saturated carbocycles. The maximum atomic E-state index is 10.4. The predicted molar refractivity (Wildman–Crippen MR) is 64.1 cm³/mol.